The summed E-state index contributed by atoms with van der Waals surface area (Å²) in [5.74, 6) is -0.445. The standard InChI is InChI=1S/C13H10BrClN2O3S/c14-8-4-5-11(12(15)6-8)13(18)17-9-2-1-3-10(7-9)21(16,19)20/h1-7H,(H,17,18)(H2,16,19,20). The van der Waals surface area contributed by atoms with Crippen molar-refractivity contribution in [2.45, 2.75) is 4.90 Å². The monoisotopic (exact) mass is 388 g/mol. The Hall–Kier alpha value is -1.41. The molecule has 0 bridgehead atoms. The molecule has 5 nitrogen and oxygen atoms in total. The van der Waals surface area contributed by atoms with Crippen molar-refractivity contribution >= 4 is 49.1 Å². The molecule has 0 heterocycles. The van der Waals surface area contributed by atoms with E-state index < -0.39 is 15.9 Å². The lowest BCUT2D eigenvalue weighted by Gasteiger charge is -2.08. The van der Waals surface area contributed by atoms with E-state index in [1.165, 1.54) is 18.2 Å². The van der Waals surface area contributed by atoms with Crippen LogP contribution in [-0.2, 0) is 10.0 Å². The predicted molar refractivity (Wildman–Crippen MR) is 84.9 cm³/mol. The lowest BCUT2D eigenvalue weighted by molar-refractivity contribution is 0.102. The fraction of sp³-hybridized carbons (Fsp3) is 0. The van der Waals surface area contributed by atoms with Crippen LogP contribution in [0.5, 0.6) is 0 Å². The van der Waals surface area contributed by atoms with Crippen LogP contribution in [-0.4, -0.2) is 14.3 Å². The summed E-state index contributed by atoms with van der Waals surface area (Å²) in [4.78, 5) is 12.0. The van der Waals surface area contributed by atoms with E-state index in [4.69, 9.17) is 16.7 Å². The van der Waals surface area contributed by atoms with Crippen LogP contribution in [0.3, 0.4) is 0 Å². The lowest BCUT2D eigenvalue weighted by atomic mass is 10.2. The van der Waals surface area contributed by atoms with Crippen LogP contribution in [0.2, 0.25) is 5.02 Å². The Labute approximate surface area is 135 Å². The third-order valence-electron chi connectivity index (χ3n) is 2.60. The highest BCUT2D eigenvalue weighted by Gasteiger charge is 2.13. The third kappa shape index (κ3) is 4.04. The van der Waals surface area contributed by atoms with Crippen LogP contribution in [0.15, 0.2) is 51.8 Å². The van der Waals surface area contributed by atoms with E-state index >= 15 is 0 Å². The first-order valence-electron chi connectivity index (χ1n) is 5.66. The Bertz CT molecular complexity index is 809. The molecule has 0 saturated heterocycles. The molecule has 0 atom stereocenters. The topological polar surface area (TPSA) is 89.3 Å². The van der Waals surface area contributed by atoms with E-state index in [1.54, 1.807) is 24.3 Å². The van der Waals surface area contributed by atoms with Crippen molar-refractivity contribution in [1.82, 2.24) is 0 Å². The fourth-order valence-electron chi connectivity index (χ4n) is 1.62. The van der Waals surface area contributed by atoms with E-state index in [0.29, 0.717) is 5.69 Å². The third-order valence-corrected chi connectivity index (χ3v) is 4.31. The number of sulfonamides is 1. The highest BCUT2D eigenvalue weighted by atomic mass is 79.9. The summed E-state index contributed by atoms with van der Waals surface area (Å²) < 4.78 is 23.3. The van der Waals surface area contributed by atoms with Crippen LogP contribution in [0, 0.1) is 0 Å². The number of halogens is 2. The molecule has 0 saturated carbocycles. The van der Waals surface area contributed by atoms with Crippen LogP contribution < -0.4 is 10.5 Å². The molecule has 0 aliphatic carbocycles. The van der Waals surface area contributed by atoms with Gasteiger partial charge in [-0.05, 0) is 36.4 Å². The molecule has 21 heavy (non-hydrogen) atoms. The highest BCUT2D eigenvalue weighted by molar-refractivity contribution is 9.10. The molecule has 0 fully saturated rings. The summed E-state index contributed by atoms with van der Waals surface area (Å²) in [6, 6.07) is 10.5. The van der Waals surface area contributed by atoms with E-state index in [-0.39, 0.29) is 15.5 Å². The minimum Gasteiger partial charge on any atom is -0.322 e. The molecule has 0 aliphatic heterocycles. The molecule has 3 N–H and O–H groups in total. The van der Waals surface area contributed by atoms with Gasteiger partial charge in [0.15, 0.2) is 0 Å². The van der Waals surface area contributed by atoms with Crippen molar-refractivity contribution in [1.29, 1.82) is 0 Å². The normalized spacial score (nSPS) is 11.2. The number of carbonyl (C=O) groups excluding carboxylic acids is 1. The average Bonchev–Trinajstić information content (AvgIpc) is 2.37. The summed E-state index contributed by atoms with van der Waals surface area (Å²) in [5, 5.41) is 7.90. The van der Waals surface area contributed by atoms with Crippen molar-refractivity contribution < 1.29 is 13.2 Å². The van der Waals surface area contributed by atoms with Gasteiger partial charge in [0, 0.05) is 10.2 Å². The number of anilines is 1. The molecule has 0 spiro atoms. The smallest absolute Gasteiger partial charge is 0.257 e. The Morgan fingerprint density at radius 1 is 1.19 bits per heavy atom. The molecule has 2 aromatic carbocycles. The molecule has 0 aliphatic rings. The number of benzene rings is 2. The zero-order valence-corrected chi connectivity index (χ0v) is 13.7. The second-order valence-electron chi connectivity index (χ2n) is 4.15. The van der Waals surface area contributed by atoms with Crippen molar-refractivity contribution in [3.05, 3.63) is 57.5 Å². The van der Waals surface area contributed by atoms with Crippen molar-refractivity contribution in [3.8, 4) is 0 Å². The van der Waals surface area contributed by atoms with Gasteiger partial charge in [0.25, 0.3) is 5.91 Å². The Kier molecular flexibility index (Phi) is 4.67. The maximum atomic E-state index is 12.1. The molecule has 0 unspecified atom stereocenters. The molecule has 110 valence electrons. The number of nitrogens with one attached hydrogen (secondary N) is 1. The minimum absolute atomic E-state index is 0.0813. The van der Waals surface area contributed by atoms with Crippen molar-refractivity contribution in [3.63, 3.8) is 0 Å². The van der Waals surface area contributed by atoms with Gasteiger partial charge in [0.05, 0.1) is 15.5 Å². The summed E-state index contributed by atoms with van der Waals surface area (Å²) in [6.07, 6.45) is 0. The summed E-state index contributed by atoms with van der Waals surface area (Å²) >= 11 is 9.23. The van der Waals surface area contributed by atoms with Gasteiger partial charge < -0.3 is 5.32 Å². The summed E-state index contributed by atoms with van der Waals surface area (Å²) in [6.45, 7) is 0. The van der Waals surface area contributed by atoms with E-state index in [9.17, 15) is 13.2 Å². The Balaban J connectivity index is 2.28. The summed E-state index contributed by atoms with van der Waals surface area (Å²) in [5.41, 5.74) is 0.589. The van der Waals surface area contributed by atoms with Gasteiger partial charge in [0.1, 0.15) is 0 Å². The van der Waals surface area contributed by atoms with Crippen molar-refractivity contribution in [2.75, 3.05) is 5.32 Å². The number of rotatable bonds is 3. The van der Waals surface area contributed by atoms with Gasteiger partial charge in [-0.15, -0.1) is 0 Å². The quantitative estimate of drug-likeness (QED) is 0.845. The maximum Gasteiger partial charge on any atom is 0.257 e. The average molecular weight is 390 g/mol. The van der Waals surface area contributed by atoms with Gasteiger partial charge >= 0.3 is 0 Å². The lowest BCUT2D eigenvalue weighted by Crippen LogP contribution is -2.15. The molecule has 2 aromatic rings. The van der Waals surface area contributed by atoms with Gasteiger partial charge in [0.2, 0.25) is 10.0 Å². The molecule has 0 aromatic heterocycles. The first-order valence-corrected chi connectivity index (χ1v) is 8.38. The highest BCUT2D eigenvalue weighted by Crippen LogP contribution is 2.23. The predicted octanol–water partition coefficient (Wildman–Crippen LogP) is 3.00. The fourth-order valence-corrected chi connectivity index (χ4v) is 2.94. The SMILES string of the molecule is NS(=O)(=O)c1cccc(NC(=O)c2ccc(Br)cc2Cl)c1. The summed E-state index contributed by atoms with van der Waals surface area (Å²) in [7, 11) is -3.82. The zero-order chi connectivity index (χ0) is 15.6. The molecule has 1 amide bonds. The second kappa shape index (κ2) is 6.15. The van der Waals surface area contributed by atoms with E-state index in [2.05, 4.69) is 21.2 Å². The zero-order valence-electron chi connectivity index (χ0n) is 10.5. The van der Waals surface area contributed by atoms with Gasteiger partial charge in [-0.25, -0.2) is 13.6 Å². The first kappa shape index (κ1) is 16.0. The van der Waals surface area contributed by atoms with E-state index in [1.807, 2.05) is 0 Å². The largest absolute Gasteiger partial charge is 0.322 e. The number of carbonyl (C=O) groups is 1. The first-order chi connectivity index (χ1) is 9.77. The molecule has 8 heteroatoms. The Morgan fingerprint density at radius 3 is 2.52 bits per heavy atom. The van der Waals surface area contributed by atoms with Gasteiger partial charge in [-0.3, -0.25) is 4.79 Å². The number of amides is 1. The number of primary sulfonamides is 1. The number of hydrogen-bond donors (Lipinski definition) is 2. The molecule has 0 radical (unpaired) electrons. The van der Waals surface area contributed by atoms with Crippen LogP contribution in [0.1, 0.15) is 10.4 Å². The molecular weight excluding hydrogens is 380 g/mol. The molecular formula is C13H10BrClN2O3S. The van der Waals surface area contributed by atoms with Gasteiger partial charge in [-0.1, -0.05) is 33.6 Å². The Morgan fingerprint density at radius 2 is 1.90 bits per heavy atom. The van der Waals surface area contributed by atoms with E-state index in [0.717, 1.165) is 4.47 Å². The molecule has 2 rings (SSSR count). The number of hydrogen-bond acceptors (Lipinski definition) is 3. The second-order valence-corrected chi connectivity index (χ2v) is 7.04. The van der Waals surface area contributed by atoms with Crippen LogP contribution in [0.25, 0.3) is 0 Å². The van der Waals surface area contributed by atoms with Crippen LogP contribution >= 0.6 is 27.5 Å². The van der Waals surface area contributed by atoms with Gasteiger partial charge in [-0.2, -0.15) is 0 Å². The minimum atomic E-state index is -3.82. The van der Waals surface area contributed by atoms with Crippen LogP contribution in [0.4, 0.5) is 5.69 Å². The maximum absolute atomic E-state index is 12.1. The number of nitrogens with two attached hydrogens (primary N) is 1. The van der Waals surface area contributed by atoms with Crippen molar-refractivity contribution in [2.24, 2.45) is 5.14 Å².